The summed E-state index contributed by atoms with van der Waals surface area (Å²) in [5, 5.41) is 0. The topological polar surface area (TPSA) is 19.4 Å². The number of aromatic nitrogens is 1. The van der Waals surface area contributed by atoms with Gasteiger partial charge in [0.15, 0.2) is 0 Å². The van der Waals surface area contributed by atoms with Gasteiger partial charge in [-0.05, 0) is 34.6 Å². The summed E-state index contributed by atoms with van der Waals surface area (Å²) < 4.78 is 1.11. The molecule has 0 radical (unpaired) electrons. The first-order valence-electron chi connectivity index (χ1n) is 5.25. The van der Waals surface area contributed by atoms with E-state index in [-0.39, 0.29) is 0 Å². The molecule has 1 aliphatic rings. The zero-order valence-corrected chi connectivity index (χ0v) is 10.6. The van der Waals surface area contributed by atoms with Gasteiger partial charge in [0.2, 0.25) is 0 Å². The highest BCUT2D eigenvalue weighted by Crippen LogP contribution is 2.17. The molecule has 0 unspecified atom stereocenters. The van der Waals surface area contributed by atoms with Crippen molar-refractivity contribution in [3.05, 3.63) is 28.5 Å². The van der Waals surface area contributed by atoms with Crippen molar-refractivity contribution in [3.8, 4) is 0 Å². The van der Waals surface area contributed by atoms with E-state index >= 15 is 0 Å². The van der Waals surface area contributed by atoms with Crippen LogP contribution in [0.25, 0.3) is 0 Å². The van der Waals surface area contributed by atoms with E-state index in [0.29, 0.717) is 0 Å². The molecule has 82 valence electrons. The summed E-state index contributed by atoms with van der Waals surface area (Å²) in [5.74, 6) is 0. The average Bonchev–Trinajstić information content (AvgIpc) is 2.25. The van der Waals surface area contributed by atoms with Crippen LogP contribution in [0.1, 0.15) is 5.56 Å². The summed E-state index contributed by atoms with van der Waals surface area (Å²) in [6.45, 7) is 5.68. The third-order valence-electron chi connectivity index (χ3n) is 2.85. The molecule has 0 aliphatic carbocycles. The van der Waals surface area contributed by atoms with E-state index in [1.165, 1.54) is 18.7 Å². The van der Waals surface area contributed by atoms with Gasteiger partial charge < -0.3 is 4.90 Å². The summed E-state index contributed by atoms with van der Waals surface area (Å²) in [6.07, 6.45) is 3.72. The minimum Gasteiger partial charge on any atom is -0.304 e. The minimum atomic E-state index is 1.02. The number of halogens is 1. The molecule has 15 heavy (non-hydrogen) atoms. The lowest BCUT2D eigenvalue weighted by Crippen LogP contribution is -2.43. The second kappa shape index (κ2) is 5.05. The molecular weight excluding hydrogens is 254 g/mol. The molecule has 1 aliphatic heterocycles. The van der Waals surface area contributed by atoms with Crippen LogP contribution in [0.4, 0.5) is 0 Å². The Morgan fingerprint density at radius 1 is 1.33 bits per heavy atom. The fourth-order valence-corrected chi connectivity index (χ4v) is 2.15. The maximum atomic E-state index is 4.08. The van der Waals surface area contributed by atoms with E-state index in [4.69, 9.17) is 0 Å². The standard InChI is InChI=1S/C11H16BrN3/c1-14-4-6-15(7-5-14)9-10-2-3-13-8-11(10)12/h2-3,8H,4-7,9H2,1H3. The van der Waals surface area contributed by atoms with Crippen LogP contribution >= 0.6 is 15.9 Å². The van der Waals surface area contributed by atoms with Crippen LogP contribution in [0.2, 0.25) is 0 Å². The highest BCUT2D eigenvalue weighted by atomic mass is 79.9. The van der Waals surface area contributed by atoms with Crippen molar-refractivity contribution in [1.29, 1.82) is 0 Å². The normalized spacial score (nSPS) is 19.3. The second-order valence-corrected chi connectivity index (χ2v) is 4.90. The lowest BCUT2D eigenvalue weighted by atomic mass is 10.2. The highest BCUT2D eigenvalue weighted by Gasteiger charge is 2.14. The average molecular weight is 270 g/mol. The third kappa shape index (κ3) is 3.00. The van der Waals surface area contributed by atoms with E-state index in [2.05, 4.69) is 43.8 Å². The predicted molar refractivity (Wildman–Crippen MR) is 64.7 cm³/mol. The number of likely N-dealkylation sites (N-methyl/N-ethyl adjacent to an activating group) is 1. The van der Waals surface area contributed by atoms with E-state index in [1.54, 1.807) is 0 Å². The molecule has 1 aromatic heterocycles. The zero-order chi connectivity index (χ0) is 10.7. The third-order valence-corrected chi connectivity index (χ3v) is 3.56. The van der Waals surface area contributed by atoms with E-state index < -0.39 is 0 Å². The lowest BCUT2D eigenvalue weighted by Gasteiger charge is -2.32. The Bertz CT molecular complexity index is 321. The highest BCUT2D eigenvalue weighted by molar-refractivity contribution is 9.10. The van der Waals surface area contributed by atoms with Crippen LogP contribution in [0.15, 0.2) is 22.9 Å². The SMILES string of the molecule is CN1CCN(Cc2ccncc2Br)CC1. The van der Waals surface area contributed by atoms with Gasteiger partial charge in [0.05, 0.1) is 0 Å². The molecule has 2 heterocycles. The summed E-state index contributed by atoms with van der Waals surface area (Å²) in [7, 11) is 2.18. The molecule has 0 amide bonds. The Morgan fingerprint density at radius 3 is 2.73 bits per heavy atom. The molecule has 1 fully saturated rings. The van der Waals surface area contributed by atoms with Crippen LogP contribution in [0, 0.1) is 0 Å². The fraction of sp³-hybridized carbons (Fsp3) is 0.545. The van der Waals surface area contributed by atoms with Crippen LogP contribution in [0.5, 0.6) is 0 Å². The molecule has 1 aromatic rings. The van der Waals surface area contributed by atoms with Crippen LogP contribution in [-0.2, 0) is 6.54 Å². The molecule has 2 rings (SSSR count). The van der Waals surface area contributed by atoms with Crippen molar-refractivity contribution in [1.82, 2.24) is 14.8 Å². The van der Waals surface area contributed by atoms with Gasteiger partial charge in [0, 0.05) is 49.6 Å². The number of rotatable bonds is 2. The molecule has 0 saturated carbocycles. The van der Waals surface area contributed by atoms with Crippen molar-refractivity contribution < 1.29 is 0 Å². The molecule has 0 N–H and O–H groups in total. The Labute approximate surface area is 99.2 Å². The first kappa shape index (κ1) is 11.0. The molecule has 0 aromatic carbocycles. The van der Waals surface area contributed by atoms with Crippen LogP contribution in [-0.4, -0.2) is 48.0 Å². The van der Waals surface area contributed by atoms with Gasteiger partial charge in [-0.1, -0.05) is 0 Å². The first-order chi connectivity index (χ1) is 7.25. The molecular formula is C11H16BrN3. The Hall–Kier alpha value is -0.450. The summed E-state index contributed by atoms with van der Waals surface area (Å²) in [6, 6.07) is 2.09. The number of piperazine rings is 1. The summed E-state index contributed by atoms with van der Waals surface area (Å²) >= 11 is 3.54. The Morgan fingerprint density at radius 2 is 2.07 bits per heavy atom. The molecule has 0 atom stereocenters. The number of hydrogen-bond donors (Lipinski definition) is 0. The monoisotopic (exact) mass is 269 g/mol. The van der Waals surface area contributed by atoms with Gasteiger partial charge in [0.25, 0.3) is 0 Å². The molecule has 1 saturated heterocycles. The maximum Gasteiger partial charge on any atom is 0.0413 e. The molecule has 0 bridgehead atoms. The van der Waals surface area contributed by atoms with Gasteiger partial charge in [-0.15, -0.1) is 0 Å². The zero-order valence-electron chi connectivity index (χ0n) is 8.99. The van der Waals surface area contributed by atoms with Gasteiger partial charge >= 0.3 is 0 Å². The molecule has 4 heteroatoms. The van der Waals surface area contributed by atoms with Crippen molar-refractivity contribution in [3.63, 3.8) is 0 Å². The van der Waals surface area contributed by atoms with Crippen molar-refractivity contribution in [2.75, 3.05) is 33.2 Å². The largest absolute Gasteiger partial charge is 0.304 e. The Balaban J connectivity index is 1.95. The smallest absolute Gasteiger partial charge is 0.0413 e. The van der Waals surface area contributed by atoms with E-state index in [9.17, 15) is 0 Å². The van der Waals surface area contributed by atoms with Gasteiger partial charge in [0.1, 0.15) is 0 Å². The Kier molecular flexibility index (Phi) is 3.72. The van der Waals surface area contributed by atoms with E-state index in [0.717, 1.165) is 24.1 Å². The van der Waals surface area contributed by atoms with Crippen LogP contribution in [0.3, 0.4) is 0 Å². The van der Waals surface area contributed by atoms with Gasteiger partial charge in [-0.3, -0.25) is 9.88 Å². The second-order valence-electron chi connectivity index (χ2n) is 4.05. The van der Waals surface area contributed by atoms with E-state index in [1.807, 2.05) is 12.4 Å². The summed E-state index contributed by atoms with van der Waals surface area (Å²) in [5.41, 5.74) is 1.33. The quantitative estimate of drug-likeness (QED) is 0.813. The lowest BCUT2D eigenvalue weighted by molar-refractivity contribution is 0.148. The fourth-order valence-electron chi connectivity index (χ4n) is 1.78. The van der Waals surface area contributed by atoms with Crippen molar-refractivity contribution >= 4 is 15.9 Å². The summed E-state index contributed by atoms with van der Waals surface area (Å²) in [4.78, 5) is 8.94. The van der Waals surface area contributed by atoms with Gasteiger partial charge in [-0.25, -0.2) is 0 Å². The number of nitrogens with zero attached hydrogens (tertiary/aromatic N) is 3. The van der Waals surface area contributed by atoms with Crippen LogP contribution < -0.4 is 0 Å². The minimum absolute atomic E-state index is 1.02. The number of pyridine rings is 1. The molecule has 0 spiro atoms. The van der Waals surface area contributed by atoms with Gasteiger partial charge in [-0.2, -0.15) is 0 Å². The molecule has 3 nitrogen and oxygen atoms in total. The first-order valence-corrected chi connectivity index (χ1v) is 6.04. The predicted octanol–water partition coefficient (Wildman–Crippen LogP) is 1.59. The number of hydrogen-bond acceptors (Lipinski definition) is 3. The van der Waals surface area contributed by atoms with Crippen molar-refractivity contribution in [2.45, 2.75) is 6.54 Å². The maximum absolute atomic E-state index is 4.08. The van der Waals surface area contributed by atoms with Crippen molar-refractivity contribution in [2.24, 2.45) is 0 Å².